The molecule has 1 fully saturated rings. The molecule has 0 bridgehead atoms. The Hall–Kier alpha value is 1.69. The van der Waals surface area contributed by atoms with Gasteiger partial charge in [-0.2, -0.15) is 0 Å². The number of rotatable bonds is 2. The molecule has 5 heteroatoms. The van der Waals surface area contributed by atoms with E-state index in [9.17, 15) is 0 Å². The summed E-state index contributed by atoms with van der Waals surface area (Å²) in [6.45, 7) is 7.09. The molecule has 0 spiro atoms. The first-order valence-corrected chi connectivity index (χ1v) is 9.56. The zero-order valence-electron chi connectivity index (χ0n) is 7.96. The monoisotopic (exact) mass is 294 g/mol. The van der Waals surface area contributed by atoms with Crippen molar-refractivity contribution in [1.29, 1.82) is 0 Å². The predicted molar refractivity (Wildman–Crippen MR) is 60.6 cm³/mol. The Labute approximate surface area is 110 Å². The molecule has 1 radical (unpaired) electrons. The minimum atomic E-state index is -0.939. The van der Waals surface area contributed by atoms with Gasteiger partial charge in [0.1, 0.15) is 4.38 Å². The van der Waals surface area contributed by atoms with Gasteiger partial charge in [-0.25, -0.2) is 0 Å². The Morgan fingerprint density at radius 1 is 1.25 bits per heavy atom. The Bertz CT molecular complexity index is 159. The molecule has 1 heterocycles. The second kappa shape index (κ2) is 6.23. The third-order valence-electron chi connectivity index (χ3n) is 1.22. The third-order valence-corrected chi connectivity index (χ3v) is 4.86. The molecule has 0 aliphatic carbocycles. The molecular formula is C7H15NS2SiY. The van der Waals surface area contributed by atoms with Gasteiger partial charge in [0.25, 0.3) is 0 Å². The van der Waals surface area contributed by atoms with Crippen LogP contribution in [0.1, 0.15) is 0 Å². The maximum absolute atomic E-state index is 4.60. The number of hydrogen-bond acceptors (Lipinski definition) is 3. The second-order valence-corrected chi connectivity index (χ2v) is 11.7. The molecule has 1 aliphatic heterocycles. The van der Waals surface area contributed by atoms with E-state index in [1.54, 1.807) is 0 Å². The van der Waals surface area contributed by atoms with Gasteiger partial charge in [0.05, 0.1) is 8.07 Å². The third kappa shape index (κ3) is 6.19. The van der Waals surface area contributed by atoms with Gasteiger partial charge in [-0.15, -0.1) is 0 Å². The summed E-state index contributed by atoms with van der Waals surface area (Å²) in [5.74, 6) is 2.52. The van der Waals surface area contributed by atoms with E-state index >= 15 is 0 Å². The van der Waals surface area contributed by atoms with Crippen molar-refractivity contribution in [2.24, 2.45) is 4.99 Å². The van der Waals surface area contributed by atoms with Gasteiger partial charge in [-0.05, 0) is 0 Å². The number of aliphatic imine (C=N–C) groups is 1. The van der Waals surface area contributed by atoms with Crippen molar-refractivity contribution in [3.8, 4) is 0 Å². The molecule has 0 saturated carbocycles. The smallest absolute Gasteiger partial charge is 0.124 e. The molecular weight excluding hydrogens is 279 g/mol. The zero-order valence-corrected chi connectivity index (χ0v) is 13.4. The fraction of sp³-hybridized carbons (Fsp3) is 0.857. The van der Waals surface area contributed by atoms with Crippen molar-refractivity contribution >= 4 is 36.0 Å². The summed E-state index contributed by atoms with van der Waals surface area (Å²) < 4.78 is 1.33. The van der Waals surface area contributed by atoms with Crippen molar-refractivity contribution in [2.75, 3.05) is 17.7 Å². The summed E-state index contributed by atoms with van der Waals surface area (Å²) >= 11 is 3.84. The first-order chi connectivity index (χ1) is 5.08. The fourth-order valence-corrected chi connectivity index (χ4v) is 3.72. The van der Waals surface area contributed by atoms with E-state index in [1.165, 1.54) is 15.9 Å². The molecule has 1 rings (SSSR count). The quantitative estimate of drug-likeness (QED) is 0.726. The minimum absolute atomic E-state index is 0. The van der Waals surface area contributed by atoms with Crippen LogP contribution in [-0.4, -0.2) is 30.1 Å². The van der Waals surface area contributed by atoms with Crippen LogP contribution >= 0.6 is 23.5 Å². The van der Waals surface area contributed by atoms with Crippen LogP contribution in [0.5, 0.6) is 0 Å². The topological polar surface area (TPSA) is 12.4 Å². The van der Waals surface area contributed by atoms with Crippen LogP contribution in [0.2, 0.25) is 19.6 Å². The van der Waals surface area contributed by atoms with Crippen LogP contribution < -0.4 is 0 Å². The Balaban J connectivity index is 0.00000121. The fourth-order valence-electron chi connectivity index (χ4n) is 0.693. The Morgan fingerprint density at radius 2 is 1.75 bits per heavy atom. The Morgan fingerprint density at radius 3 is 2.17 bits per heavy atom. The summed E-state index contributed by atoms with van der Waals surface area (Å²) in [6.07, 6.45) is 1.10. The largest absolute Gasteiger partial charge is 0.275 e. The molecule has 0 atom stereocenters. The van der Waals surface area contributed by atoms with E-state index in [-0.39, 0.29) is 32.7 Å². The summed E-state index contributed by atoms with van der Waals surface area (Å²) in [5, 5.41) is 0. The SMILES string of the molecule is C[Si](C)(C)CN=C1SCCS1.[Y]. The number of hydrogen-bond donors (Lipinski definition) is 0. The average molecular weight is 294 g/mol. The molecule has 1 aliphatic rings. The number of nitrogens with zero attached hydrogens (tertiary/aromatic N) is 1. The van der Waals surface area contributed by atoms with Crippen molar-refractivity contribution in [3.63, 3.8) is 0 Å². The van der Waals surface area contributed by atoms with Gasteiger partial charge in [0.15, 0.2) is 0 Å². The van der Waals surface area contributed by atoms with E-state index in [0.29, 0.717) is 0 Å². The van der Waals surface area contributed by atoms with Crippen LogP contribution in [0.4, 0.5) is 0 Å². The van der Waals surface area contributed by atoms with E-state index in [4.69, 9.17) is 0 Å². The van der Waals surface area contributed by atoms with Crippen molar-refractivity contribution < 1.29 is 32.7 Å². The molecule has 12 heavy (non-hydrogen) atoms. The van der Waals surface area contributed by atoms with Gasteiger partial charge in [-0.1, -0.05) is 43.2 Å². The first kappa shape index (κ1) is 13.7. The molecule has 0 amide bonds. The van der Waals surface area contributed by atoms with Gasteiger partial charge in [0.2, 0.25) is 0 Å². The average Bonchev–Trinajstić information content (AvgIpc) is 2.32. The molecule has 0 aromatic rings. The maximum Gasteiger partial charge on any atom is 0.124 e. The maximum atomic E-state index is 4.60. The van der Waals surface area contributed by atoms with Gasteiger partial charge < -0.3 is 0 Å². The molecule has 67 valence electrons. The zero-order chi connectivity index (χ0) is 8.32. The van der Waals surface area contributed by atoms with Crippen LogP contribution in [0.3, 0.4) is 0 Å². The first-order valence-electron chi connectivity index (χ1n) is 3.88. The van der Waals surface area contributed by atoms with Crippen LogP contribution in [0, 0.1) is 0 Å². The second-order valence-electron chi connectivity index (χ2n) is 3.84. The molecule has 0 N–H and O–H groups in total. The van der Waals surface area contributed by atoms with Crippen molar-refractivity contribution in [2.45, 2.75) is 19.6 Å². The molecule has 1 nitrogen and oxygen atoms in total. The van der Waals surface area contributed by atoms with Crippen molar-refractivity contribution in [3.05, 3.63) is 0 Å². The van der Waals surface area contributed by atoms with Crippen molar-refractivity contribution in [1.82, 2.24) is 0 Å². The summed E-state index contributed by atoms with van der Waals surface area (Å²) in [7, 11) is -0.939. The predicted octanol–water partition coefficient (Wildman–Crippen LogP) is 2.70. The molecule has 0 unspecified atom stereocenters. The van der Waals surface area contributed by atoms with Crippen LogP contribution in [0.25, 0.3) is 0 Å². The van der Waals surface area contributed by atoms with E-state index in [1.807, 2.05) is 23.5 Å². The van der Waals surface area contributed by atoms with Crippen LogP contribution in [0.15, 0.2) is 4.99 Å². The molecule has 0 aromatic carbocycles. The van der Waals surface area contributed by atoms with E-state index < -0.39 is 8.07 Å². The van der Waals surface area contributed by atoms with Gasteiger partial charge in [0, 0.05) is 50.4 Å². The standard InChI is InChI=1S/C7H15NS2Si.Y/c1-11(2,3)6-8-7-9-4-5-10-7;/h4-6H2,1-3H3;. The minimum Gasteiger partial charge on any atom is -0.275 e. The van der Waals surface area contributed by atoms with Gasteiger partial charge >= 0.3 is 0 Å². The Kier molecular flexibility index (Phi) is 7.10. The normalized spacial score (nSPS) is 17.4. The summed E-state index contributed by atoms with van der Waals surface area (Å²) in [5.41, 5.74) is 0. The molecule has 0 aromatic heterocycles. The molecule has 1 saturated heterocycles. The van der Waals surface area contributed by atoms with E-state index in [2.05, 4.69) is 24.6 Å². The van der Waals surface area contributed by atoms with Gasteiger partial charge in [-0.3, -0.25) is 4.99 Å². The summed E-state index contributed by atoms with van der Waals surface area (Å²) in [4.78, 5) is 4.60. The number of thioether (sulfide) groups is 2. The summed E-state index contributed by atoms with van der Waals surface area (Å²) in [6, 6.07) is 0. The van der Waals surface area contributed by atoms with Crippen LogP contribution in [-0.2, 0) is 32.7 Å². The van der Waals surface area contributed by atoms with E-state index in [0.717, 1.165) is 6.17 Å².